The number of hydrogen-bond acceptors (Lipinski definition) is 2. The van der Waals surface area contributed by atoms with Gasteiger partial charge in [0.05, 0.1) is 11.0 Å². The van der Waals surface area contributed by atoms with Crippen molar-refractivity contribution in [3.8, 4) is 39.5 Å². The van der Waals surface area contributed by atoms with Gasteiger partial charge in [-0.15, -0.1) is 0 Å². The summed E-state index contributed by atoms with van der Waals surface area (Å²) in [5.41, 5.74) is 11.2. The van der Waals surface area contributed by atoms with Crippen molar-refractivity contribution in [3.05, 3.63) is 139 Å². The second-order valence-electron chi connectivity index (χ2n) is 10.2. The first-order valence-corrected chi connectivity index (χ1v) is 13.5. The highest BCUT2D eigenvalue weighted by Crippen LogP contribution is 2.43. The highest BCUT2D eigenvalue weighted by molar-refractivity contribution is 6.07. The molecule has 0 atom stereocenters. The van der Waals surface area contributed by atoms with Crippen LogP contribution in [0.1, 0.15) is 11.1 Å². The number of pyridine rings is 1. The van der Waals surface area contributed by atoms with Gasteiger partial charge in [-0.05, 0) is 87.3 Å². The Hall–Kier alpha value is -5.02. The summed E-state index contributed by atoms with van der Waals surface area (Å²) in [6, 6.07) is 43.3. The third-order valence-electron chi connectivity index (χ3n) is 7.97. The molecule has 0 unspecified atom stereocenters. The van der Waals surface area contributed by atoms with E-state index >= 15 is 0 Å². The van der Waals surface area contributed by atoms with Crippen LogP contribution in [0.15, 0.2) is 128 Å². The van der Waals surface area contributed by atoms with Gasteiger partial charge >= 0.3 is 0 Å². The molecule has 0 N–H and O–H groups in total. The lowest BCUT2D eigenvalue weighted by Gasteiger charge is -2.23. The van der Waals surface area contributed by atoms with E-state index in [1.807, 2.05) is 30.5 Å². The van der Waals surface area contributed by atoms with E-state index in [2.05, 4.69) is 107 Å². The standard InChI is InChI=1S/C36H25N3/c1-2-10-28-24(9-1)18-21-27-23-31(29-11-3-4-12-30(29)35(27)28)25-16-19-26(20-17-25)36-38-32-13-5-6-14-33(32)39(36)34-15-7-8-22-37-34/h1-17,19-20,22-23H,18,21H2. The molecular formula is C36H25N3. The summed E-state index contributed by atoms with van der Waals surface area (Å²) < 4.78 is 2.15. The molecular weight excluding hydrogens is 474 g/mol. The first kappa shape index (κ1) is 22.0. The number of rotatable bonds is 3. The van der Waals surface area contributed by atoms with Crippen LogP contribution >= 0.6 is 0 Å². The van der Waals surface area contributed by atoms with E-state index in [4.69, 9.17) is 4.98 Å². The Morgan fingerprint density at radius 1 is 0.564 bits per heavy atom. The molecule has 2 heterocycles. The second-order valence-corrected chi connectivity index (χ2v) is 10.2. The summed E-state index contributed by atoms with van der Waals surface area (Å²) in [5, 5.41) is 2.62. The molecule has 3 heteroatoms. The summed E-state index contributed by atoms with van der Waals surface area (Å²) in [4.78, 5) is 9.65. The third-order valence-corrected chi connectivity index (χ3v) is 7.97. The van der Waals surface area contributed by atoms with Gasteiger partial charge in [-0.1, -0.05) is 91.0 Å². The molecule has 7 aromatic rings. The number of aryl methyl sites for hydroxylation is 2. The lowest BCUT2D eigenvalue weighted by atomic mass is 9.80. The SMILES string of the molecule is c1ccc(-n2c(-c3ccc(-c4cc5c(c6ccccc46)-c4ccccc4CC5)cc3)nc3ccccc32)nc1. The van der Waals surface area contributed by atoms with Crippen molar-refractivity contribution in [2.45, 2.75) is 12.8 Å². The van der Waals surface area contributed by atoms with Crippen LogP contribution in [-0.4, -0.2) is 14.5 Å². The predicted octanol–water partition coefficient (Wildman–Crippen LogP) is 8.67. The van der Waals surface area contributed by atoms with Crippen molar-refractivity contribution in [1.82, 2.24) is 14.5 Å². The Bertz CT molecular complexity index is 2000. The molecule has 2 aromatic heterocycles. The minimum absolute atomic E-state index is 0.867. The van der Waals surface area contributed by atoms with Gasteiger partial charge in [0.15, 0.2) is 0 Å². The Morgan fingerprint density at radius 3 is 2.15 bits per heavy atom. The maximum atomic E-state index is 5.01. The summed E-state index contributed by atoms with van der Waals surface area (Å²) >= 11 is 0. The Morgan fingerprint density at radius 2 is 1.28 bits per heavy atom. The lowest BCUT2D eigenvalue weighted by molar-refractivity contribution is 0.945. The summed E-state index contributed by atoms with van der Waals surface area (Å²) in [7, 11) is 0. The van der Waals surface area contributed by atoms with Crippen molar-refractivity contribution >= 4 is 21.8 Å². The fourth-order valence-electron chi connectivity index (χ4n) is 6.18. The quantitative estimate of drug-likeness (QED) is 0.243. The minimum Gasteiger partial charge on any atom is -0.276 e. The van der Waals surface area contributed by atoms with E-state index < -0.39 is 0 Å². The molecule has 0 amide bonds. The molecule has 0 saturated heterocycles. The van der Waals surface area contributed by atoms with E-state index in [0.717, 1.165) is 41.1 Å². The molecule has 3 nitrogen and oxygen atoms in total. The van der Waals surface area contributed by atoms with Gasteiger partial charge in [-0.25, -0.2) is 9.97 Å². The predicted molar refractivity (Wildman–Crippen MR) is 160 cm³/mol. The summed E-state index contributed by atoms with van der Waals surface area (Å²) in [6.07, 6.45) is 3.98. The maximum absolute atomic E-state index is 5.01. The van der Waals surface area contributed by atoms with Crippen LogP contribution < -0.4 is 0 Å². The average Bonchev–Trinajstić information content (AvgIpc) is 3.40. The lowest BCUT2D eigenvalue weighted by Crippen LogP contribution is -2.05. The second kappa shape index (κ2) is 8.78. The number of nitrogens with zero attached hydrogens (tertiary/aromatic N) is 3. The number of imidazole rings is 1. The molecule has 0 bridgehead atoms. The first-order chi connectivity index (χ1) is 19.3. The molecule has 184 valence electrons. The fourth-order valence-corrected chi connectivity index (χ4v) is 6.18. The van der Waals surface area contributed by atoms with Gasteiger partial charge in [-0.3, -0.25) is 4.57 Å². The van der Waals surface area contributed by atoms with E-state index in [9.17, 15) is 0 Å². The van der Waals surface area contributed by atoms with Crippen LogP contribution in [0.25, 0.3) is 61.3 Å². The van der Waals surface area contributed by atoms with Gasteiger partial charge in [-0.2, -0.15) is 0 Å². The zero-order chi connectivity index (χ0) is 25.8. The molecule has 0 saturated carbocycles. The molecule has 39 heavy (non-hydrogen) atoms. The Balaban J connectivity index is 1.28. The molecule has 0 fully saturated rings. The number of hydrogen-bond donors (Lipinski definition) is 0. The van der Waals surface area contributed by atoms with Crippen LogP contribution in [-0.2, 0) is 12.8 Å². The van der Waals surface area contributed by atoms with Crippen molar-refractivity contribution in [2.75, 3.05) is 0 Å². The molecule has 0 radical (unpaired) electrons. The fraction of sp³-hybridized carbons (Fsp3) is 0.0556. The van der Waals surface area contributed by atoms with Gasteiger partial charge in [0.2, 0.25) is 0 Å². The largest absolute Gasteiger partial charge is 0.276 e. The van der Waals surface area contributed by atoms with Gasteiger partial charge in [0.1, 0.15) is 11.6 Å². The molecule has 5 aromatic carbocycles. The number of para-hydroxylation sites is 2. The summed E-state index contributed by atoms with van der Waals surface area (Å²) in [6.45, 7) is 0. The summed E-state index contributed by atoms with van der Waals surface area (Å²) in [5.74, 6) is 1.76. The first-order valence-electron chi connectivity index (χ1n) is 13.5. The van der Waals surface area contributed by atoms with Crippen molar-refractivity contribution < 1.29 is 0 Å². The van der Waals surface area contributed by atoms with E-state index in [1.165, 1.54) is 44.2 Å². The van der Waals surface area contributed by atoms with Crippen molar-refractivity contribution in [1.29, 1.82) is 0 Å². The van der Waals surface area contributed by atoms with Crippen LogP contribution in [0.2, 0.25) is 0 Å². The van der Waals surface area contributed by atoms with Crippen LogP contribution in [0.5, 0.6) is 0 Å². The Labute approximate surface area is 227 Å². The van der Waals surface area contributed by atoms with Crippen LogP contribution in [0.4, 0.5) is 0 Å². The van der Waals surface area contributed by atoms with Crippen molar-refractivity contribution in [2.24, 2.45) is 0 Å². The zero-order valence-electron chi connectivity index (χ0n) is 21.4. The normalized spacial score (nSPS) is 12.4. The maximum Gasteiger partial charge on any atom is 0.146 e. The van der Waals surface area contributed by atoms with Gasteiger partial charge in [0, 0.05) is 11.8 Å². The average molecular weight is 500 g/mol. The van der Waals surface area contributed by atoms with Gasteiger partial charge in [0.25, 0.3) is 0 Å². The number of aromatic nitrogens is 3. The molecule has 0 aliphatic heterocycles. The minimum atomic E-state index is 0.867. The monoisotopic (exact) mass is 499 g/mol. The number of benzene rings is 5. The smallest absolute Gasteiger partial charge is 0.146 e. The third kappa shape index (κ3) is 3.51. The highest BCUT2D eigenvalue weighted by atomic mass is 15.1. The molecule has 1 aliphatic rings. The van der Waals surface area contributed by atoms with E-state index in [-0.39, 0.29) is 0 Å². The molecule has 0 spiro atoms. The zero-order valence-corrected chi connectivity index (χ0v) is 21.4. The van der Waals surface area contributed by atoms with E-state index in [0.29, 0.717) is 0 Å². The number of fused-ring (bicyclic) bond motifs is 6. The topological polar surface area (TPSA) is 30.7 Å². The van der Waals surface area contributed by atoms with Crippen LogP contribution in [0, 0.1) is 0 Å². The molecule has 1 aliphatic carbocycles. The van der Waals surface area contributed by atoms with Crippen molar-refractivity contribution in [3.63, 3.8) is 0 Å². The Kier molecular flexibility index (Phi) is 4.95. The molecule has 8 rings (SSSR count). The van der Waals surface area contributed by atoms with E-state index in [1.54, 1.807) is 0 Å². The van der Waals surface area contributed by atoms with Gasteiger partial charge < -0.3 is 0 Å². The van der Waals surface area contributed by atoms with Crippen LogP contribution in [0.3, 0.4) is 0 Å². The highest BCUT2D eigenvalue weighted by Gasteiger charge is 2.21.